The van der Waals surface area contributed by atoms with Crippen LogP contribution in [0.1, 0.15) is 27.6 Å². The summed E-state index contributed by atoms with van der Waals surface area (Å²) in [4.78, 5) is 32.1. The van der Waals surface area contributed by atoms with E-state index >= 15 is 0 Å². The van der Waals surface area contributed by atoms with Gasteiger partial charge in [-0.15, -0.1) is 0 Å². The number of hydrogen-bond donors (Lipinski definition) is 2. The zero-order valence-corrected chi connectivity index (χ0v) is 8.26. The minimum Gasteiger partial charge on any atom is -0.478 e. The van der Waals surface area contributed by atoms with Gasteiger partial charge in [0.1, 0.15) is 11.3 Å². The highest BCUT2D eigenvalue weighted by Crippen LogP contribution is 2.21. The first-order valence-corrected chi connectivity index (χ1v) is 4.21. The predicted molar refractivity (Wildman–Crippen MR) is 51.7 cm³/mol. The molecule has 0 fully saturated rings. The Morgan fingerprint density at radius 1 is 1.12 bits per heavy atom. The van der Waals surface area contributed by atoms with E-state index in [2.05, 4.69) is 4.74 Å². The van der Waals surface area contributed by atoms with E-state index < -0.39 is 17.9 Å². The maximum atomic E-state index is 10.7. The van der Waals surface area contributed by atoms with Crippen LogP contribution in [0.15, 0.2) is 18.2 Å². The van der Waals surface area contributed by atoms with Crippen LogP contribution in [0.3, 0.4) is 0 Å². The maximum absolute atomic E-state index is 10.7. The van der Waals surface area contributed by atoms with Gasteiger partial charge in [0.05, 0.1) is 5.56 Å². The third-order valence-corrected chi connectivity index (χ3v) is 1.71. The van der Waals surface area contributed by atoms with Gasteiger partial charge in [0.2, 0.25) is 0 Å². The molecule has 0 bridgehead atoms. The molecule has 0 radical (unpaired) electrons. The molecule has 0 aliphatic carbocycles. The summed E-state index contributed by atoms with van der Waals surface area (Å²) in [6, 6.07) is 3.19. The summed E-state index contributed by atoms with van der Waals surface area (Å²) >= 11 is 0. The largest absolute Gasteiger partial charge is 0.478 e. The Morgan fingerprint density at radius 3 is 2.19 bits per heavy atom. The number of carboxylic acid groups (broad SMARTS) is 2. The highest BCUT2D eigenvalue weighted by atomic mass is 16.5. The van der Waals surface area contributed by atoms with E-state index in [9.17, 15) is 14.4 Å². The van der Waals surface area contributed by atoms with Gasteiger partial charge in [0.25, 0.3) is 0 Å². The number of carbonyl (C=O) groups is 3. The highest BCUT2D eigenvalue weighted by molar-refractivity contribution is 5.95. The Kier molecular flexibility index (Phi) is 3.24. The molecule has 1 aromatic carbocycles. The van der Waals surface area contributed by atoms with Crippen LogP contribution in [-0.2, 0) is 4.79 Å². The molecular weight excluding hydrogens is 216 g/mol. The number of carboxylic acids is 2. The van der Waals surface area contributed by atoms with E-state index in [0.29, 0.717) is 0 Å². The average molecular weight is 224 g/mol. The van der Waals surface area contributed by atoms with Crippen LogP contribution in [0, 0.1) is 0 Å². The second-order valence-corrected chi connectivity index (χ2v) is 2.91. The Hall–Kier alpha value is -2.37. The standard InChI is InChI=1S/C10H8O6/c1-5(11)16-8-4-6(9(12)13)2-3-7(8)10(14)15/h2-4H,1H3,(H,12,13)(H,14,15). The number of aromatic carboxylic acids is 2. The van der Waals surface area contributed by atoms with Gasteiger partial charge in [-0.1, -0.05) is 0 Å². The summed E-state index contributed by atoms with van der Waals surface area (Å²) in [6.07, 6.45) is 0. The third kappa shape index (κ3) is 2.57. The summed E-state index contributed by atoms with van der Waals surface area (Å²) in [7, 11) is 0. The van der Waals surface area contributed by atoms with E-state index in [1.165, 1.54) is 0 Å². The number of rotatable bonds is 3. The molecule has 84 valence electrons. The summed E-state index contributed by atoms with van der Waals surface area (Å²) in [5.74, 6) is -3.52. The maximum Gasteiger partial charge on any atom is 0.339 e. The van der Waals surface area contributed by atoms with Crippen LogP contribution in [0.25, 0.3) is 0 Å². The molecule has 0 heterocycles. The van der Waals surface area contributed by atoms with E-state index in [0.717, 1.165) is 25.1 Å². The summed E-state index contributed by atoms with van der Waals surface area (Å²) in [5, 5.41) is 17.5. The predicted octanol–water partition coefficient (Wildman–Crippen LogP) is 1.01. The first-order chi connectivity index (χ1) is 7.41. The third-order valence-electron chi connectivity index (χ3n) is 1.71. The lowest BCUT2D eigenvalue weighted by molar-refractivity contribution is -0.131. The Balaban J connectivity index is 3.26. The van der Waals surface area contributed by atoms with Gasteiger partial charge in [-0.2, -0.15) is 0 Å². The van der Waals surface area contributed by atoms with Crippen LogP contribution in [0.2, 0.25) is 0 Å². The lowest BCUT2D eigenvalue weighted by atomic mass is 10.1. The monoisotopic (exact) mass is 224 g/mol. The fourth-order valence-corrected chi connectivity index (χ4v) is 1.07. The zero-order chi connectivity index (χ0) is 12.3. The first kappa shape index (κ1) is 11.7. The molecule has 0 aromatic heterocycles. The number of hydrogen-bond acceptors (Lipinski definition) is 4. The van der Waals surface area contributed by atoms with Crippen molar-refractivity contribution in [1.82, 2.24) is 0 Å². The van der Waals surface area contributed by atoms with Gasteiger partial charge in [0, 0.05) is 6.92 Å². The fourth-order valence-electron chi connectivity index (χ4n) is 1.07. The van der Waals surface area contributed by atoms with Gasteiger partial charge in [-0.25, -0.2) is 9.59 Å². The molecule has 0 unspecified atom stereocenters. The Bertz CT molecular complexity index is 462. The van der Waals surface area contributed by atoms with Crippen LogP contribution in [0.5, 0.6) is 5.75 Å². The van der Waals surface area contributed by atoms with Crippen molar-refractivity contribution in [1.29, 1.82) is 0 Å². The topological polar surface area (TPSA) is 101 Å². The molecule has 0 atom stereocenters. The molecule has 6 heteroatoms. The number of benzene rings is 1. The number of ether oxygens (including phenoxy) is 1. The van der Waals surface area contributed by atoms with Crippen molar-refractivity contribution >= 4 is 17.9 Å². The van der Waals surface area contributed by atoms with Crippen molar-refractivity contribution in [3.63, 3.8) is 0 Å². The van der Waals surface area contributed by atoms with Crippen molar-refractivity contribution in [3.8, 4) is 5.75 Å². The molecule has 16 heavy (non-hydrogen) atoms. The van der Waals surface area contributed by atoms with Gasteiger partial charge in [-0.05, 0) is 18.2 Å². The highest BCUT2D eigenvalue weighted by Gasteiger charge is 2.15. The minimum absolute atomic E-state index is 0.152. The summed E-state index contributed by atoms with van der Waals surface area (Å²) < 4.78 is 4.61. The summed E-state index contributed by atoms with van der Waals surface area (Å²) in [5.41, 5.74) is -0.415. The minimum atomic E-state index is -1.30. The normalized spacial score (nSPS) is 9.56. The van der Waals surface area contributed by atoms with Gasteiger partial charge in [-0.3, -0.25) is 4.79 Å². The van der Waals surface area contributed by atoms with E-state index in [1.54, 1.807) is 0 Å². The summed E-state index contributed by atoms with van der Waals surface area (Å²) in [6.45, 7) is 1.10. The van der Waals surface area contributed by atoms with Gasteiger partial charge in [0.15, 0.2) is 0 Å². The van der Waals surface area contributed by atoms with Crippen LogP contribution < -0.4 is 4.74 Å². The van der Waals surface area contributed by atoms with Crippen molar-refractivity contribution < 1.29 is 29.3 Å². The van der Waals surface area contributed by atoms with Crippen LogP contribution >= 0.6 is 0 Å². The van der Waals surface area contributed by atoms with Crippen molar-refractivity contribution in [2.75, 3.05) is 0 Å². The molecule has 0 spiro atoms. The SMILES string of the molecule is CC(=O)Oc1cc(C(=O)O)ccc1C(=O)O. The Morgan fingerprint density at radius 2 is 1.75 bits per heavy atom. The molecular formula is C10H8O6. The molecule has 0 amide bonds. The van der Waals surface area contributed by atoms with Gasteiger partial charge < -0.3 is 14.9 Å². The van der Waals surface area contributed by atoms with Gasteiger partial charge >= 0.3 is 17.9 Å². The number of carbonyl (C=O) groups excluding carboxylic acids is 1. The molecule has 0 saturated heterocycles. The average Bonchev–Trinajstić information content (AvgIpc) is 2.15. The zero-order valence-electron chi connectivity index (χ0n) is 8.26. The second-order valence-electron chi connectivity index (χ2n) is 2.91. The molecule has 2 N–H and O–H groups in total. The van der Waals surface area contributed by atoms with Crippen molar-refractivity contribution in [3.05, 3.63) is 29.3 Å². The lowest BCUT2D eigenvalue weighted by Crippen LogP contribution is -2.09. The molecule has 0 aliphatic heterocycles. The van der Waals surface area contributed by atoms with E-state index in [1.807, 2.05) is 0 Å². The molecule has 0 aliphatic rings. The van der Waals surface area contributed by atoms with Crippen LogP contribution in [0.4, 0.5) is 0 Å². The molecule has 1 rings (SSSR count). The lowest BCUT2D eigenvalue weighted by Gasteiger charge is -2.06. The molecule has 6 nitrogen and oxygen atoms in total. The second kappa shape index (κ2) is 4.43. The number of esters is 1. The van der Waals surface area contributed by atoms with Crippen molar-refractivity contribution in [2.24, 2.45) is 0 Å². The molecule has 0 saturated carbocycles. The first-order valence-electron chi connectivity index (χ1n) is 4.21. The van der Waals surface area contributed by atoms with Crippen molar-refractivity contribution in [2.45, 2.75) is 6.92 Å². The van der Waals surface area contributed by atoms with E-state index in [4.69, 9.17) is 10.2 Å². The smallest absolute Gasteiger partial charge is 0.339 e. The van der Waals surface area contributed by atoms with Crippen LogP contribution in [-0.4, -0.2) is 28.1 Å². The molecule has 1 aromatic rings. The van der Waals surface area contributed by atoms with E-state index in [-0.39, 0.29) is 16.9 Å². The quantitative estimate of drug-likeness (QED) is 0.586. The Labute approximate surface area is 90.1 Å². The fraction of sp³-hybridized carbons (Fsp3) is 0.100.